The minimum Gasteiger partial charge on any atom is -0.390 e. The predicted molar refractivity (Wildman–Crippen MR) is 117 cm³/mol. The molecule has 2 fully saturated rings. The molecule has 6 heteroatoms. The first-order valence-corrected chi connectivity index (χ1v) is 11.1. The Morgan fingerprint density at radius 3 is 2.52 bits per heavy atom. The molecule has 0 spiro atoms. The molecular weight excluding hydrogens is 388 g/mol. The number of likely N-dealkylation sites (N-methyl/N-ethyl adjacent to an activating group) is 1. The van der Waals surface area contributed by atoms with Gasteiger partial charge in [-0.2, -0.15) is 0 Å². The lowest BCUT2D eigenvalue weighted by Gasteiger charge is -2.37. The van der Waals surface area contributed by atoms with Gasteiger partial charge >= 0.3 is 0 Å². The van der Waals surface area contributed by atoms with Crippen molar-refractivity contribution in [2.24, 2.45) is 5.92 Å². The van der Waals surface area contributed by atoms with Crippen molar-refractivity contribution in [2.45, 2.75) is 76.5 Å². The summed E-state index contributed by atoms with van der Waals surface area (Å²) in [6, 6.07) is 6.20. The van der Waals surface area contributed by atoms with Crippen LogP contribution in [0.3, 0.4) is 0 Å². The zero-order valence-corrected chi connectivity index (χ0v) is 18.9. The molecule has 1 aliphatic heterocycles. The zero-order valence-electron chi connectivity index (χ0n) is 18.1. The van der Waals surface area contributed by atoms with Gasteiger partial charge in [0, 0.05) is 42.8 Å². The van der Waals surface area contributed by atoms with Crippen molar-refractivity contribution in [3.8, 4) is 0 Å². The molecule has 2 aliphatic rings. The number of carbonyl (C=O) groups is 1. The molecule has 1 saturated carbocycles. The van der Waals surface area contributed by atoms with Crippen LogP contribution < -0.4 is 4.90 Å². The van der Waals surface area contributed by atoms with Crippen LogP contribution in [0.25, 0.3) is 0 Å². The van der Waals surface area contributed by atoms with Crippen LogP contribution >= 0.6 is 11.6 Å². The van der Waals surface area contributed by atoms with Crippen molar-refractivity contribution in [3.63, 3.8) is 0 Å². The topological polar surface area (TPSA) is 64.0 Å². The molecule has 0 bridgehead atoms. The second-order valence-electron chi connectivity index (χ2n) is 9.89. The summed E-state index contributed by atoms with van der Waals surface area (Å²) in [6.45, 7) is 6.77. The van der Waals surface area contributed by atoms with Gasteiger partial charge in [0.1, 0.15) is 0 Å². The van der Waals surface area contributed by atoms with Gasteiger partial charge in [0.05, 0.1) is 11.2 Å². The molecule has 1 aliphatic carbocycles. The van der Waals surface area contributed by atoms with E-state index < -0.39 is 11.2 Å². The lowest BCUT2D eigenvalue weighted by molar-refractivity contribution is -0.134. The minimum atomic E-state index is -0.786. The Morgan fingerprint density at radius 2 is 1.93 bits per heavy atom. The average Bonchev–Trinajstić information content (AvgIpc) is 2.96. The normalized spacial score (nSPS) is 28.1. The summed E-state index contributed by atoms with van der Waals surface area (Å²) >= 11 is 6.55. The quantitative estimate of drug-likeness (QED) is 0.734. The third kappa shape index (κ3) is 5.65. The third-order valence-corrected chi connectivity index (χ3v) is 6.74. The fourth-order valence-electron chi connectivity index (χ4n) is 4.73. The maximum Gasteiger partial charge on any atom is 0.226 e. The van der Waals surface area contributed by atoms with E-state index in [1.165, 1.54) is 0 Å². The molecular formula is C23H35ClN2O3. The Morgan fingerprint density at radius 1 is 1.28 bits per heavy atom. The van der Waals surface area contributed by atoms with Gasteiger partial charge in [-0.05, 0) is 77.0 Å². The van der Waals surface area contributed by atoms with Crippen molar-refractivity contribution in [3.05, 3.63) is 28.8 Å². The van der Waals surface area contributed by atoms with Crippen LogP contribution in [0.2, 0.25) is 5.02 Å². The lowest BCUT2D eigenvalue weighted by atomic mass is 9.83. The number of likely N-dealkylation sites (tertiary alicyclic amines) is 1. The van der Waals surface area contributed by atoms with Gasteiger partial charge in [0.15, 0.2) is 0 Å². The van der Waals surface area contributed by atoms with Crippen LogP contribution in [-0.4, -0.2) is 58.4 Å². The van der Waals surface area contributed by atoms with Crippen molar-refractivity contribution in [1.82, 2.24) is 4.90 Å². The van der Waals surface area contributed by atoms with Crippen molar-refractivity contribution in [1.29, 1.82) is 0 Å². The number of carbonyl (C=O) groups excluding carboxylic acids is 1. The number of aliphatic hydroxyl groups is 2. The molecule has 1 unspecified atom stereocenters. The highest BCUT2D eigenvalue weighted by molar-refractivity contribution is 6.31. The minimum absolute atomic E-state index is 0.0186. The number of nitrogens with zero attached hydrogens (tertiary/aromatic N) is 2. The summed E-state index contributed by atoms with van der Waals surface area (Å²) in [6.07, 6.45) is 4.81. The van der Waals surface area contributed by atoms with Crippen molar-refractivity contribution >= 4 is 23.2 Å². The second-order valence-corrected chi connectivity index (χ2v) is 10.3. The molecule has 5 nitrogen and oxygen atoms in total. The van der Waals surface area contributed by atoms with E-state index in [2.05, 4.69) is 0 Å². The molecule has 1 amide bonds. The number of rotatable bonds is 6. The standard InChI is InChI=1S/C23H35ClN2O3/c1-22(2,28)15-25(4)19-6-5-16(20(24)14-19)13-17-9-12-26(21(17)27)18-7-10-23(3,29)11-8-18/h5-6,14,17-18,28-29H,7-13,15H2,1-4H3. The number of hydrogen-bond acceptors (Lipinski definition) is 4. The summed E-state index contributed by atoms with van der Waals surface area (Å²) in [7, 11) is 1.93. The van der Waals surface area contributed by atoms with Gasteiger partial charge in [0.25, 0.3) is 0 Å². The summed E-state index contributed by atoms with van der Waals surface area (Å²) in [4.78, 5) is 17.0. The Labute approximate surface area is 179 Å². The van der Waals surface area contributed by atoms with E-state index in [-0.39, 0.29) is 17.9 Å². The first-order chi connectivity index (χ1) is 13.5. The summed E-state index contributed by atoms with van der Waals surface area (Å²) in [5, 5.41) is 20.9. The van der Waals surface area contributed by atoms with E-state index >= 15 is 0 Å². The third-order valence-electron chi connectivity index (χ3n) is 6.39. The Hall–Kier alpha value is -1.30. The van der Waals surface area contributed by atoms with E-state index in [0.717, 1.165) is 49.9 Å². The zero-order chi connectivity index (χ0) is 21.4. The van der Waals surface area contributed by atoms with Gasteiger partial charge in [-0.1, -0.05) is 17.7 Å². The number of hydrogen-bond donors (Lipinski definition) is 2. The van der Waals surface area contributed by atoms with Gasteiger partial charge in [-0.3, -0.25) is 4.79 Å². The SMILES string of the molecule is CN(CC(C)(C)O)c1ccc(CC2CCN(C3CCC(C)(O)CC3)C2=O)c(Cl)c1. The number of halogens is 1. The monoisotopic (exact) mass is 422 g/mol. The van der Waals surface area contributed by atoms with Crippen LogP contribution in [0.15, 0.2) is 18.2 Å². The van der Waals surface area contributed by atoms with E-state index in [9.17, 15) is 15.0 Å². The maximum atomic E-state index is 13.0. The number of benzene rings is 1. The molecule has 0 aromatic heterocycles. The van der Waals surface area contributed by atoms with Crippen LogP contribution in [0.4, 0.5) is 5.69 Å². The largest absolute Gasteiger partial charge is 0.390 e. The Balaban J connectivity index is 1.61. The smallest absolute Gasteiger partial charge is 0.226 e. The molecule has 1 heterocycles. The number of amides is 1. The van der Waals surface area contributed by atoms with Gasteiger partial charge in [-0.15, -0.1) is 0 Å². The van der Waals surface area contributed by atoms with Crippen LogP contribution in [0, 0.1) is 5.92 Å². The molecule has 1 saturated heterocycles. The van der Waals surface area contributed by atoms with Gasteiger partial charge in [0.2, 0.25) is 5.91 Å². The summed E-state index contributed by atoms with van der Waals surface area (Å²) < 4.78 is 0. The molecule has 3 rings (SSSR count). The van der Waals surface area contributed by atoms with Crippen molar-refractivity contribution in [2.75, 3.05) is 25.0 Å². The highest BCUT2D eigenvalue weighted by Crippen LogP contribution is 2.35. The summed E-state index contributed by atoms with van der Waals surface area (Å²) in [5.41, 5.74) is 0.590. The molecule has 0 radical (unpaired) electrons. The fourth-order valence-corrected chi connectivity index (χ4v) is 4.98. The molecule has 162 valence electrons. The first-order valence-electron chi connectivity index (χ1n) is 10.7. The average molecular weight is 423 g/mol. The highest BCUT2D eigenvalue weighted by atomic mass is 35.5. The summed E-state index contributed by atoms with van der Waals surface area (Å²) in [5.74, 6) is 0.214. The maximum absolute atomic E-state index is 13.0. The second kappa shape index (κ2) is 8.44. The molecule has 1 aromatic carbocycles. The molecule has 1 aromatic rings. The Bertz CT molecular complexity index is 734. The fraction of sp³-hybridized carbons (Fsp3) is 0.696. The number of anilines is 1. The van der Waals surface area contributed by atoms with E-state index in [4.69, 9.17) is 11.6 Å². The van der Waals surface area contributed by atoms with E-state index in [1.54, 1.807) is 13.8 Å². The van der Waals surface area contributed by atoms with Crippen molar-refractivity contribution < 1.29 is 15.0 Å². The molecule has 1 atom stereocenters. The Kier molecular flexibility index (Phi) is 6.52. The lowest BCUT2D eigenvalue weighted by Crippen LogP contribution is -2.43. The van der Waals surface area contributed by atoms with E-state index in [0.29, 0.717) is 18.0 Å². The predicted octanol–water partition coefficient (Wildman–Crippen LogP) is 3.63. The van der Waals surface area contributed by atoms with Gasteiger partial charge in [-0.25, -0.2) is 0 Å². The molecule has 2 N–H and O–H groups in total. The van der Waals surface area contributed by atoms with E-state index in [1.807, 2.05) is 42.0 Å². The van der Waals surface area contributed by atoms with Crippen LogP contribution in [-0.2, 0) is 11.2 Å². The molecule has 29 heavy (non-hydrogen) atoms. The highest BCUT2D eigenvalue weighted by Gasteiger charge is 2.39. The van der Waals surface area contributed by atoms with Crippen LogP contribution in [0.5, 0.6) is 0 Å². The van der Waals surface area contributed by atoms with Crippen LogP contribution in [0.1, 0.15) is 58.4 Å². The van der Waals surface area contributed by atoms with Gasteiger partial charge < -0.3 is 20.0 Å². The first kappa shape index (κ1) is 22.4.